The quantitative estimate of drug-likeness (QED) is 0.509. The van der Waals surface area contributed by atoms with Crippen molar-refractivity contribution in [1.29, 1.82) is 0 Å². The molecule has 0 radical (unpaired) electrons. The first kappa shape index (κ1) is 19.4. The Labute approximate surface area is 187 Å². The van der Waals surface area contributed by atoms with Crippen LogP contribution in [0.15, 0.2) is 36.8 Å². The zero-order valence-corrected chi connectivity index (χ0v) is 18.4. The van der Waals surface area contributed by atoms with Gasteiger partial charge in [-0.3, -0.25) is 0 Å². The normalized spacial score (nSPS) is 17.5. The van der Waals surface area contributed by atoms with Gasteiger partial charge in [0.2, 0.25) is 5.95 Å². The second kappa shape index (κ2) is 8.02. The Kier molecular flexibility index (Phi) is 4.87. The second-order valence-corrected chi connectivity index (χ2v) is 8.82. The third-order valence-electron chi connectivity index (χ3n) is 6.76. The number of nitrogens with one attached hydrogen (secondary N) is 2. The zero-order valence-electron chi connectivity index (χ0n) is 18.4. The van der Waals surface area contributed by atoms with Gasteiger partial charge in [-0.15, -0.1) is 0 Å². The standard InChI is InChI=1S/C24H28N8/c1-16-20(31-12-10-25-11-13-31)8-9-21(28-16)29-24-26-14-17-6-7-19-23(22(17)30-24)32(15-27-19)18-4-2-3-5-18/h6-9,14-15,18,25H,2-5,10-13H2,1H3,(H,26,28,29,30). The molecule has 0 atom stereocenters. The molecule has 3 aromatic heterocycles. The molecule has 2 fully saturated rings. The summed E-state index contributed by atoms with van der Waals surface area (Å²) in [6, 6.07) is 8.79. The molecule has 1 aliphatic carbocycles. The molecule has 1 saturated heterocycles. The van der Waals surface area contributed by atoms with Crippen molar-refractivity contribution in [3.8, 4) is 0 Å². The van der Waals surface area contributed by atoms with Crippen LogP contribution in [0, 0.1) is 6.92 Å². The number of benzene rings is 1. The minimum atomic E-state index is 0.513. The largest absolute Gasteiger partial charge is 0.368 e. The van der Waals surface area contributed by atoms with Gasteiger partial charge in [0.1, 0.15) is 11.3 Å². The highest BCUT2D eigenvalue weighted by Crippen LogP contribution is 2.34. The van der Waals surface area contributed by atoms with E-state index in [2.05, 4.69) is 55.2 Å². The summed E-state index contributed by atoms with van der Waals surface area (Å²) < 4.78 is 2.33. The predicted molar refractivity (Wildman–Crippen MR) is 128 cm³/mol. The third-order valence-corrected chi connectivity index (χ3v) is 6.76. The summed E-state index contributed by atoms with van der Waals surface area (Å²) in [6.45, 7) is 6.10. The molecule has 1 aromatic carbocycles. The average Bonchev–Trinajstić information content (AvgIpc) is 3.50. The van der Waals surface area contributed by atoms with E-state index in [0.717, 1.165) is 59.6 Å². The van der Waals surface area contributed by atoms with Gasteiger partial charge in [-0.05, 0) is 44.0 Å². The first-order valence-electron chi connectivity index (χ1n) is 11.6. The van der Waals surface area contributed by atoms with Gasteiger partial charge < -0.3 is 20.1 Å². The van der Waals surface area contributed by atoms with Crippen LogP contribution in [-0.2, 0) is 0 Å². The van der Waals surface area contributed by atoms with E-state index in [1.165, 1.54) is 31.4 Å². The Balaban J connectivity index is 1.34. The van der Waals surface area contributed by atoms with Crippen molar-refractivity contribution in [2.45, 2.75) is 38.6 Å². The lowest BCUT2D eigenvalue weighted by atomic mass is 10.2. The fourth-order valence-electron chi connectivity index (χ4n) is 5.11. The number of anilines is 3. The van der Waals surface area contributed by atoms with E-state index in [4.69, 9.17) is 9.97 Å². The average molecular weight is 429 g/mol. The van der Waals surface area contributed by atoms with Crippen LogP contribution in [0.1, 0.15) is 37.4 Å². The minimum absolute atomic E-state index is 0.513. The van der Waals surface area contributed by atoms with Gasteiger partial charge in [0, 0.05) is 43.8 Å². The van der Waals surface area contributed by atoms with Crippen molar-refractivity contribution in [2.24, 2.45) is 0 Å². The summed E-state index contributed by atoms with van der Waals surface area (Å²) in [4.78, 5) is 21.3. The Morgan fingerprint density at radius 2 is 1.84 bits per heavy atom. The molecule has 8 nitrogen and oxygen atoms in total. The highest BCUT2D eigenvalue weighted by Gasteiger charge is 2.21. The molecule has 164 valence electrons. The van der Waals surface area contributed by atoms with Gasteiger partial charge in [0.05, 0.1) is 28.7 Å². The van der Waals surface area contributed by atoms with Crippen LogP contribution in [0.5, 0.6) is 0 Å². The Morgan fingerprint density at radius 1 is 1.00 bits per heavy atom. The molecule has 1 aliphatic heterocycles. The Bertz CT molecular complexity index is 1270. The fraction of sp³-hybridized carbons (Fsp3) is 0.417. The smallest absolute Gasteiger partial charge is 0.228 e. The number of hydrogen-bond donors (Lipinski definition) is 2. The van der Waals surface area contributed by atoms with Gasteiger partial charge in [0.15, 0.2) is 0 Å². The highest BCUT2D eigenvalue weighted by molar-refractivity contribution is 6.02. The monoisotopic (exact) mass is 428 g/mol. The number of pyridine rings is 1. The van der Waals surface area contributed by atoms with Crippen LogP contribution < -0.4 is 15.5 Å². The molecule has 0 amide bonds. The number of nitrogens with zero attached hydrogens (tertiary/aromatic N) is 6. The summed E-state index contributed by atoms with van der Waals surface area (Å²) >= 11 is 0. The van der Waals surface area contributed by atoms with Crippen LogP contribution >= 0.6 is 0 Å². The van der Waals surface area contributed by atoms with E-state index in [0.29, 0.717) is 12.0 Å². The van der Waals surface area contributed by atoms with Crippen LogP contribution in [0.3, 0.4) is 0 Å². The molecule has 4 heterocycles. The maximum absolute atomic E-state index is 4.90. The lowest BCUT2D eigenvalue weighted by Crippen LogP contribution is -2.43. The second-order valence-electron chi connectivity index (χ2n) is 8.82. The van der Waals surface area contributed by atoms with E-state index in [-0.39, 0.29) is 0 Å². The molecule has 1 saturated carbocycles. The van der Waals surface area contributed by atoms with Crippen LogP contribution in [0.2, 0.25) is 0 Å². The predicted octanol–water partition coefficient (Wildman–Crippen LogP) is 3.95. The summed E-state index contributed by atoms with van der Waals surface area (Å²) in [6.07, 6.45) is 8.85. The molecule has 0 unspecified atom stereocenters. The van der Waals surface area contributed by atoms with Crippen molar-refractivity contribution in [3.63, 3.8) is 0 Å². The van der Waals surface area contributed by atoms with Gasteiger partial charge in [-0.25, -0.2) is 19.9 Å². The lowest BCUT2D eigenvalue weighted by Gasteiger charge is -2.30. The van der Waals surface area contributed by atoms with E-state index in [1.807, 2.05) is 18.6 Å². The van der Waals surface area contributed by atoms with E-state index >= 15 is 0 Å². The maximum Gasteiger partial charge on any atom is 0.228 e. The number of imidazole rings is 1. The van der Waals surface area contributed by atoms with E-state index in [9.17, 15) is 0 Å². The topological polar surface area (TPSA) is 83.8 Å². The summed E-state index contributed by atoms with van der Waals surface area (Å²) in [5, 5.41) is 7.75. The molecule has 2 N–H and O–H groups in total. The van der Waals surface area contributed by atoms with Crippen molar-refractivity contribution >= 4 is 39.4 Å². The molecule has 8 heteroatoms. The van der Waals surface area contributed by atoms with Crippen molar-refractivity contribution in [2.75, 3.05) is 36.4 Å². The first-order chi connectivity index (χ1) is 15.8. The maximum atomic E-state index is 4.90. The van der Waals surface area contributed by atoms with Crippen molar-refractivity contribution in [3.05, 3.63) is 42.5 Å². The lowest BCUT2D eigenvalue weighted by molar-refractivity contribution is 0.533. The Hall–Kier alpha value is -3.26. The molecular weight excluding hydrogens is 400 g/mol. The molecule has 0 bridgehead atoms. The molecule has 32 heavy (non-hydrogen) atoms. The number of rotatable bonds is 4. The number of aromatic nitrogens is 5. The molecule has 4 aromatic rings. The molecular formula is C24H28N8. The minimum Gasteiger partial charge on any atom is -0.368 e. The third kappa shape index (κ3) is 3.44. The van der Waals surface area contributed by atoms with E-state index < -0.39 is 0 Å². The summed E-state index contributed by atoms with van der Waals surface area (Å²) in [5.74, 6) is 1.32. The summed E-state index contributed by atoms with van der Waals surface area (Å²) in [7, 11) is 0. The van der Waals surface area contributed by atoms with Gasteiger partial charge in [-0.2, -0.15) is 0 Å². The van der Waals surface area contributed by atoms with E-state index in [1.54, 1.807) is 0 Å². The number of piperazine rings is 1. The van der Waals surface area contributed by atoms with Crippen LogP contribution in [0.25, 0.3) is 21.9 Å². The van der Waals surface area contributed by atoms with Gasteiger partial charge in [0.25, 0.3) is 0 Å². The molecule has 0 spiro atoms. The SMILES string of the molecule is Cc1nc(Nc2ncc3ccc4ncn(C5CCCC5)c4c3n2)ccc1N1CCNCC1. The number of hydrogen-bond acceptors (Lipinski definition) is 7. The zero-order chi connectivity index (χ0) is 21.5. The fourth-order valence-corrected chi connectivity index (χ4v) is 5.11. The number of aryl methyl sites for hydroxylation is 1. The first-order valence-corrected chi connectivity index (χ1v) is 11.6. The van der Waals surface area contributed by atoms with Gasteiger partial charge in [-0.1, -0.05) is 12.8 Å². The van der Waals surface area contributed by atoms with Crippen LogP contribution in [0.4, 0.5) is 17.5 Å². The van der Waals surface area contributed by atoms with Crippen molar-refractivity contribution < 1.29 is 0 Å². The van der Waals surface area contributed by atoms with Crippen molar-refractivity contribution in [1.82, 2.24) is 29.8 Å². The number of fused-ring (bicyclic) bond motifs is 3. The highest BCUT2D eigenvalue weighted by atomic mass is 15.2. The molecule has 2 aliphatic rings. The molecule has 6 rings (SSSR count). The Morgan fingerprint density at radius 3 is 2.66 bits per heavy atom. The van der Waals surface area contributed by atoms with Gasteiger partial charge >= 0.3 is 0 Å². The van der Waals surface area contributed by atoms with Crippen LogP contribution in [-0.4, -0.2) is 50.7 Å². The summed E-state index contributed by atoms with van der Waals surface area (Å²) in [5.41, 5.74) is 5.25.